The first-order valence-electron chi connectivity index (χ1n) is 12.5. The fraction of sp³-hybridized carbons (Fsp3) is 0.586. The number of aliphatic hydroxyl groups excluding tert-OH is 1. The predicted molar refractivity (Wildman–Crippen MR) is 155 cm³/mol. The van der Waals surface area contributed by atoms with E-state index in [1.807, 2.05) is 52.6 Å². The number of halogens is 1. The molecule has 4 heteroatoms. The Bertz CT molecular complexity index is 660. The first-order chi connectivity index (χ1) is 16.0. The molecule has 1 aliphatic rings. The van der Waals surface area contributed by atoms with Crippen LogP contribution in [0.1, 0.15) is 91.2 Å². The molecule has 2 rings (SSSR count). The van der Waals surface area contributed by atoms with Crippen LogP contribution in [0.2, 0.25) is 5.02 Å². The second kappa shape index (κ2) is 22.8. The van der Waals surface area contributed by atoms with E-state index in [2.05, 4.69) is 61.3 Å². The number of rotatable bonds is 8. The van der Waals surface area contributed by atoms with Crippen molar-refractivity contribution in [3.8, 4) is 0 Å². The Hall–Kier alpha value is -1.00. The van der Waals surface area contributed by atoms with Gasteiger partial charge in [0.05, 0.1) is 0 Å². The van der Waals surface area contributed by atoms with E-state index in [1.165, 1.54) is 29.5 Å². The van der Waals surface area contributed by atoms with Crippen LogP contribution in [0.4, 0.5) is 0 Å². The Morgan fingerprint density at radius 2 is 1.79 bits per heavy atom. The minimum atomic E-state index is 0.237. The van der Waals surface area contributed by atoms with Crippen molar-refractivity contribution in [3.63, 3.8) is 0 Å². The molecule has 1 unspecified atom stereocenters. The Morgan fingerprint density at radius 1 is 1.21 bits per heavy atom. The van der Waals surface area contributed by atoms with Gasteiger partial charge in [-0.2, -0.15) is 0 Å². The lowest BCUT2D eigenvalue weighted by Crippen LogP contribution is -2.31. The first kappa shape index (κ1) is 34.2. The summed E-state index contributed by atoms with van der Waals surface area (Å²) in [7, 11) is 0. The number of benzene rings is 1. The number of piperidine rings is 1. The van der Waals surface area contributed by atoms with Crippen LogP contribution in [0.5, 0.6) is 0 Å². The van der Waals surface area contributed by atoms with Crippen LogP contribution in [0.15, 0.2) is 48.6 Å². The number of nitrogens with zero attached hydrogens (tertiary/aromatic N) is 1. The third kappa shape index (κ3) is 14.8. The molecule has 0 radical (unpaired) electrons. The van der Waals surface area contributed by atoms with Crippen molar-refractivity contribution in [1.82, 2.24) is 4.31 Å². The summed E-state index contributed by atoms with van der Waals surface area (Å²) in [5.74, 6) is 1.10. The molecule has 0 aromatic heterocycles. The molecular formula is C29H50ClNOS. The molecule has 0 saturated carbocycles. The van der Waals surface area contributed by atoms with E-state index in [0.717, 1.165) is 31.0 Å². The summed E-state index contributed by atoms with van der Waals surface area (Å²) in [5, 5.41) is 9.77. The van der Waals surface area contributed by atoms with Gasteiger partial charge in [0.1, 0.15) is 0 Å². The molecule has 0 amide bonds. The van der Waals surface area contributed by atoms with Gasteiger partial charge < -0.3 is 5.11 Å². The third-order valence-corrected chi connectivity index (χ3v) is 6.13. The Labute approximate surface area is 215 Å². The molecule has 1 aromatic carbocycles. The second-order valence-electron chi connectivity index (χ2n) is 7.67. The summed E-state index contributed by atoms with van der Waals surface area (Å²) in [5.41, 5.74) is 3.95. The van der Waals surface area contributed by atoms with Gasteiger partial charge in [0, 0.05) is 30.6 Å². The molecule has 1 fully saturated rings. The Balaban J connectivity index is 0. The van der Waals surface area contributed by atoms with Gasteiger partial charge in [-0.15, -0.1) is 6.58 Å². The lowest BCUT2D eigenvalue weighted by atomic mass is 9.78. The van der Waals surface area contributed by atoms with Crippen molar-refractivity contribution in [2.75, 3.05) is 26.0 Å². The van der Waals surface area contributed by atoms with E-state index in [9.17, 15) is 0 Å². The normalized spacial score (nSPS) is 14.6. The molecule has 0 spiro atoms. The summed E-state index contributed by atoms with van der Waals surface area (Å²) in [6.45, 7) is 20.2. The Morgan fingerprint density at radius 3 is 2.27 bits per heavy atom. The summed E-state index contributed by atoms with van der Waals surface area (Å²) in [6.07, 6.45) is 14.8. The Kier molecular flexibility index (Phi) is 23.6. The van der Waals surface area contributed by atoms with E-state index in [-0.39, 0.29) is 6.61 Å². The number of allylic oxidation sites excluding steroid dienone is 4. The lowest BCUT2D eigenvalue weighted by Gasteiger charge is -2.35. The van der Waals surface area contributed by atoms with Crippen molar-refractivity contribution in [1.29, 1.82) is 0 Å². The molecule has 1 aromatic rings. The van der Waals surface area contributed by atoms with Crippen molar-refractivity contribution in [2.45, 2.75) is 80.1 Å². The van der Waals surface area contributed by atoms with Gasteiger partial charge in [-0.3, -0.25) is 4.31 Å². The van der Waals surface area contributed by atoms with Crippen molar-refractivity contribution < 1.29 is 5.11 Å². The van der Waals surface area contributed by atoms with E-state index in [4.69, 9.17) is 16.7 Å². The van der Waals surface area contributed by atoms with Gasteiger partial charge in [0.2, 0.25) is 0 Å². The third-order valence-electron chi connectivity index (χ3n) is 5.01. The highest BCUT2D eigenvalue weighted by Gasteiger charge is 2.27. The largest absolute Gasteiger partial charge is 0.396 e. The average molecular weight is 496 g/mol. The summed E-state index contributed by atoms with van der Waals surface area (Å²) in [6, 6.07) is 6.30. The van der Waals surface area contributed by atoms with Crippen LogP contribution in [0.3, 0.4) is 0 Å². The molecule has 190 valence electrons. The fourth-order valence-electron chi connectivity index (χ4n) is 3.67. The van der Waals surface area contributed by atoms with Crippen LogP contribution in [-0.2, 0) is 0 Å². The quantitative estimate of drug-likeness (QED) is 0.220. The van der Waals surface area contributed by atoms with Crippen LogP contribution >= 0.6 is 23.5 Å². The van der Waals surface area contributed by atoms with Crippen LogP contribution in [-0.4, -0.2) is 35.4 Å². The van der Waals surface area contributed by atoms with Crippen LogP contribution in [0.25, 0.3) is 6.08 Å². The molecule has 2 nitrogen and oxygen atoms in total. The highest BCUT2D eigenvalue weighted by molar-refractivity contribution is 7.96. The molecule has 1 aliphatic heterocycles. The van der Waals surface area contributed by atoms with Crippen molar-refractivity contribution in [2.24, 2.45) is 5.92 Å². The van der Waals surface area contributed by atoms with Crippen LogP contribution in [0, 0.1) is 5.92 Å². The minimum absolute atomic E-state index is 0.237. The van der Waals surface area contributed by atoms with Gasteiger partial charge in [-0.1, -0.05) is 87.2 Å². The van der Waals surface area contributed by atoms with Gasteiger partial charge >= 0.3 is 0 Å². The van der Waals surface area contributed by atoms with E-state index in [0.29, 0.717) is 11.8 Å². The summed E-state index contributed by atoms with van der Waals surface area (Å²) < 4.78 is 2.47. The standard InChI is InChI=1S/C22H32ClNOS.C3H6.2C2H6/c1-17(2)15-22(18-10-12-24(26-3)13-11-18)21-9-8-20(23)16-19(21)7-5-4-6-14-25;1-3-2;2*1-2/h5,7-9,15-16,18,22,25H,4,6,10-14H2,1-3H3;3H,1H2,2H3;2*1-2H3/b7-5+;;;. The second-order valence-corrected chi connectivity index (χ2v) is 8.99. The summed E-state index contributed by atoms with van der Waals surface area (Å²) in [4.78, 5) is 0. The molecule has 1 heterocycles. The van der Waals surface area contributed by atoms with Gasteiger partial charge in [0.15, 0.2) is 0 Å². The maximum absolute atomic E-state index is 8.99. The molecule has 33 heavy (non-hydrogen) atoms. The van der Waals surface area contributed by atoms with E-state index >= 15 is 0 Å². The zero-order valence-corrected chi connectivity index (χ0v) is 24.1. The molecule has 0 aliphatic carbocycles. The zero-order valence-electron chi connectivity index (χ0n) is 22.5. The number of hydrogen-bond donors (Lipinski definition) is 1. The average Bonchev–Trinajstić information content (AvgIpc) is 2.84. The predicted octanol–water partition coefficient (Wildman–Crippen LogP) is 9.41. The van der Waals surface area contributed by atoms with Gasteiger partial charge in [-0.05, 0) is 81.9 Å². The SMILES string of the molecule is C=CC.CC.CC.CSN1CCC(C(C=C(C)C)c2ccc(Cl)cc2/C=C/CCCO)CC1. The smallest absolute Gasteiger partial charge is 0.0433 e. The molecule has 1 saturated heterocycles. The summed E-state index contributed by atoms with van der Waals surface area (Å²) >= 11 is 8.15. The number of hydrogen-bond acceptors (Lipinski definition) is 3. The first-order valence-corrected chi connectivity index (χ1v) is 14.1. The van der Waals surface area contributed by atoms with Crippen molar-refractivity contribution in [3.05, 3.63) is 64.7 Å². The van der Waals surface area contributed by atoms with E-state index in [1.54, 1.807) is 6.08 Å². The maximum Gasteiger partial charge on any atom is 0.0433 e. The molecule has 1 atom stereocenters. The maximum atomic E-state index is 8.99. The van der Waals surface area contributed by atoms with E-state index < -0.39 is 0 Å². The monoisotopic (exact) mass is 495 g/mol. The zero-order chi connectivity index (χ0) is 25.6. The fourth-order valence-corrected chi connectivity index (χ4v) is 4.43. The lowest BCUT2D eigenvalue weighted by molar-refractivity contribution is 0.274. The minimum Gasteiger partial charge on any atom is -0.396 e. The molecule has 1 N–H and O–H groups in total. The molecule has 0 bridgehead atoms. The molecular weight excluding hydrogens is 446 g/mol. The topological polar surface area (TPSA) is 23.5 Å². The highest BCUT2D eigenvalue weighted by atomic mass is 35.5. The number of unbranched alkanes of at least 4 members (excludes halogenated alkanes) is 1. The number of aliphatic hydroxyl groups is 1. The van der Waals surface area contributed by atoms with Crippen LogP contribution < -0.4 is 0 Å². The van der Waals surface area contributed by atoms with Crippen molar-refractivity contribution >= 4 is 29.6 Å². The highest BCUT2D eigenvalue weighted by Crippen LogP contribution is 2.38. The van der Waals surface area contributed by atoms with Gasteiger partial charge in [0.25, 0.3) is 0 Å². The van der Waals surface area contributed by atoms with Gasteiger partial charge in [-0.25, -0.2) is 0 Å².